The molecule has 0 N–H and O–H groups in total. The van der Waals surface area contributed by atoms with Gasteiger partial charge in [-0.05, 0) is 66.0 Å². The summed E-state index contributed by atoms with van der Waals surface area (Å²) < 4.78 is 17.6. The van der Waals surface area contributed by atoms with E-state index in [0.717, 1.165) is 35.4 Å². The lowest BCUT2D eigenvalue weighted by Crippen LogP contribution is -2.45. The van der Waals surface area contributed by atoms with Gasteiger partial charge in [0.05, 0.1) is 18.1 Å². The number of rotatable bonds is 10. The molecule has 44 heavy (non-hydrogen) atoms. The molecule has 0 bridgehead atoms. The summed E-state index contributed by atoms with van der Waals surface area (Å²) in [6.07, 6.45) is 2.29. The van der Waals surface area contributed by atoms with Crippen molar-refractivity contribution < 1.29 is 28.7 Å². The predicted octanol–water partition coefficient (Wildman–Crippen LogP) is 6.90. The number of hydrogen-bond donors (Lipinski definition) is 0. The maximum atomic E-state index is 14.0. The lowest BCUT2D eigenvalue weighted by Gasteiger charge is -2.49. The average molecular weight is 603 g/mol. The zero-order valence-corrected chi connectivity index (χ0v) is 26.5. The van der Waals surface area contributed by atoms with Gasteiger partial charge in [-0.3, -0.25) is 19.7 Å². The minimum atomic E-state index is -0.492. The molecule has 0 unspecified atom stereocenters. The molecule has 0 spiro atoms. The molecule has 2 aromatic rings. The van der Waals surface area contributed by atoms with Crippen LogP contribution in [0.4, 0.5) is 5.69 Å². The Balaban J connectivity index is 1.59. The van der Waals surface area contributed by atoms with Gasteiger partial charge in [0.1, 0.15) is 6.61 Å². The Morgan fingerprint density at radius 2 is 1.45 bits per heavy atom. The molecule has 0 amide bonds. The molecule has 0 atom stereocenters. The van der Waals surface area contributed by atoms with E-state index in [1.54, 1.807) is 19.2 Å². The zero-order chi connectivity index (χ0) is 31.8. The third-order valence-corrected chi connectivity index (χ3v) is 8.68. The van der Waals surface area contributed by atoms with Crippen molar-refractivity contribution >= 4 is 17.3 Å². The third kappa shape index (κ3) is 6.29. The first kappa shape index (κ1) is 31.4. The van der Waals surface area contributed by atoms with Gasteiger partial charge in [0, 0.05) is 67.1 Å². The summed E-state index contributed by atoms with van der Waals surface area (Å²) in [5.41, 5.74) is 4.61. The van der Waals surface area contributed by atoms with Crippen LogP contribution >= 0.6 is 0 Å². The highest BCUT2D eigenvalue weighted by Crippen LogP contribution is 2.54. The number of nitro benzene ring substituents is 1. The minimum absolute atomic E-state index is 0.0185. The molecule has 0 fully saturated rings. The molecule has 1 aliphatic heterocycles. The maximum absolute atomic E-state index is 14.0. The molecule has 0 saturated heterocycles. The number of non-ortho nitro benzene ring substituents is 1. The van der Waals surface area contributed by atoms with Crippen LogP contribution in [0.1, 0.15) is 77.3 Å². The van der Waals surface area contributed by atoms with Gasteiger partial charge in [0.15, 0.2) is 23.1 Å². The van der Waals surface area contributed by atoms with E-state index in [9.17, 15) is 19.7 Å². The number of carbonyl (C=O) groups is 2. The summed E-state index contributed by atoms with van der Waals surface area (Å²) in [7, 11) is 1.67. The van der Waals surface area contributed by atoms with Gasteiger partial charge in [-0.1, -0.05) is 33.8 Å². The number of methoxy groups -OCH3 is 1. The van der Waals surface area contributed by atoms with Gasteiger partial charge in [-0.15, -0.1) is 0 Å². The first-order valence-electron chi connectivity index (χ1n) is 15.3. The molecule has 1 heterocycles. The van der Waals surface area contributed by atoms with Crippen LogP contribution in [0.3, 0.4) is 0 Å². The van der Waals surface area contributed by atoms with E-state index in [0.29, 0.717) is 55.2 Å². The first-order valence-corrected chi connectivity index (χ1v) is 15.3. The Morgan fingerprint density at radius 3 is 1.98 bits per heavy atom. The van der Waals surface area contributed by atoms with Gasteiger partial charge in [0.2, 0.25) is 0 Å². The van der Waals surface area contributed by atoms with Crippen molar-refractivity contribution in [2.75, 3.05) is 26.9 Å². The second-order valence-electron chi connectivity index (χ2n) is 13.5. The number of carbonyl (C=O) groups excluding carboxylic acids is 2. The van der Waals surface area contributed by atoms with Gasteiger partial charge in [0.25, 0.3) is 5.69 Å². The van der Waals surface area contributed by atoms with E-state index in [4.69, 9.17) is 14.2 Å². The van der Waals surface area contributed by atoms with Crippen LogP contribution in [0, 0.1) is 20.9 Å². The third-order valence-electron chi connectivity index (χ3n) is 8.68. The Kier molecular flexibility index (Phi) is 8.71. The molecular weight excluding hydrogens is 560 g/mol. The molecule has 234 valence electrons. The molecule has 0 saturated carbocycles. The van der Waals surface area contributed by atoms with E-state index in [1.165, 1.54) is 12.1 Å². The molecule has 9 heteroatoms. The summed E-state index contributed by atoms with van der Waals surface area (Å²) in [6, 6.07) is 11.9. The van der Waals surface area contributed by atoms with E-state index >= 15 is 0 Å². The number of ether oxygens (including phenoxy) is 3. The summed E-state index contributed by atoms with van der Waals surface area (Å²) >= 11 is 0. The quantitative estimate of drug-likeness (QED) is 0.213. The fourth-order valence-corrected chi connectivity index (χ4v) is 6.80. The van der Waals surface area contributed by atoms with Crippen LogP contribution in [0.5, 0.6) is 11.5 Å². The number of hydrogen-bond acceptors (Lipinski definition) is 8. The fraction of sp³-hybridized carbons (Fsp3) is 0.486. The van der Waals surface area contributed by atoms with Crippen LogP contribution in [0.25, 0.3) is 0 Å². The van der Waals surface area contributed by atoms with Crippen LogP contribution in [-0.4, -0.2) is 48.3 Å². The SMILES string of the molecule is CCOc1cc(C2C3=C(CC(C)(C)CC3=O)N(CCOC)C3=C2C(=O)CC(C)(C)C3)ccc1OCc1ccc([N+](=O)[O-])cc1. The monoisotopic (exact) mass is 602 g/mol. The summed E-state index contributed by atoms with van der Waals surface area (Å²) in [5, 5.41) is 11.0. The van der Waals surface area contributed by atoms with E-state index in [2.05, 4.69) is 32.6 Å². The van der Waals surface area contributed by atoms with Gasteiger partial charge >= 0.3 is 0 Å². The number of Topliss-reactive ketones (excluding diaryl/α,β-unsaturated/α-hetero) is 2. The van der Waals surface area contributed by atoms with Crippen molar-refractivity contribution in [1.82, 2.24) is 4.90 Å². The van der Waals surface area contributed by atoms with E-state index in [-0.39, 0.29) is 34.7 Å². The van der Waals surface area contributed by atoms with Crippen LogP contribution < -0.4 is 9.47 Å². The van der Waals surface area contributed by atoms with E-state index < -0.39 is 10.8 Å². The van der Waals surface area contributed by atoms with Crippen LogP contribution in [0.15, 0.2) is 65.0 Å². The minimum Gasteiger partial charge on any atom is -0.490 e. The molecule has 5 rings (SSSR count). The standard InChI is InChI=1S/C35H42N2O7/c1-7-43-30-16-23(10-13-29(30)44-21-22-8-11-24(12-9-22)37(40)41)31-32-25(17-34(2,3)19-27(32)38)36(14-15-42-6)26-18-35(4,5)20-28(39)33(26)31/h8-13,16,31H,7,14-15,17-21H2,1-6H3. The van der Waals surface area contributed by atoms with Crippen molar-refractivity contribution in [2.45, 2.75) is 72.8 Å². The van der Waals surface area contributed by atoms with Crippen molar-refractivity contribution in [2.24, 2.45) is 10.8 Å². The Hall–Kier alpha value is -3.98. The molecule has 3 aliphatic rings. The maximum Gasteiger partial charge on any atom is 0.269 e. The molecule has 0 aromatic heterocycles. The largest absolute Gasteiger partial charge is 0.490 e. The van der Waals surface area contributed by atoms with Gasteiger partial charge in [-0.25, -0.2) is 0 Å². The average Bonchev–Trinajstić information content (AvgIpc) is 2.94. The Morgan fingerprint density at radius 1 is 0.864 bits per heavy atom. The van der Waals surface area contributed by atoms with Crippen LogP contribution in [-0.2, 0) is 20.9 Å². The summed E-state index contributed by atoms with van der Waals surface area (Å²) in [4.78, 5) is 40.8. The van der Waals surface area contributed by atoms with Crippen molar-refractivity contribution in [3.63, 3.8) is 0 Å². The lowest BCUT2D eigenvalue weighted by atomic mass is 9.63. The summed E-state index contributed by atoms with van der Waals surface area (Å²) in [6.45, 7) is 12.1. The number of allylic oxidation sites excluding steroid dienone is 4. The van der Waals surface area contributed by atoms with Crippen LogP contribution in [0.2, 0.25) is 0 Å². The number of nitro groups is 1. The predicted molar refractivity (Wildman–Crippen MR) is 166 cm³/mol. The van der Waals surface area contributed by atoms with Gasteiger partial charge in [-0.2, -0.15) is 0 Å². The van der Waals surface area contributed by atoms with Crippen molar-refractivity contribution in [3.05, 3.63) is 86.2 Å². The highest BCUT2D eigenvalue weighted by atomic mass is 16.6. The first-order chi connectivity index (χ1) is 20.8. The number of nitrogens with zero attached hydrogens (tertiary/aromatic N) is 2. The van der Waals surface area contributed by atoms with Crippen molar-refractivity contribution in [3.8, 4) is 11.5 Å². The Bertz CT molecular complexity index is 1480. The second-order valence-corrected chi connectivity index (χ2v) is 13.5. The lowest BCUT2D eigenvalue weighted by molar-refractivity contribution is -0.384. The summed E-state index contributed by atoms with van der Waals surface area (Å²) in [5.74, 6) is 0.690. The number of ketones is 2. The van der Waals surface area contributed by atoms with Gasteiger partial charge < -0.3 is 19.1 Å². The highest BCUT2D eigenvalue weighted by Gasteiger charge is 2.49. The zero-order valence-electron chi connectivity index (χ0n) is 26.5. The molecular formula is C35H42N2O7. The molecule has 2 aromatic carbocycles. The molecule has 2 aliphatic carbocycles. The topological polar surface area (TPSA) is 108 Å². The normalized spacial score (nSPS) is 19.5. The smallest absolute Gasteiger partial charge is 0.269 e. The highest BCUT2D eigenvalue weighted by molar-refractivity contribution is 6.06. The van der Waals surface area contributed by atoms with Crippen molar-refractivity contribution in [1.29, 1.82) is 0 Å². The fourth-order valence-electron chi connectivity index (χ4n) is 6.80. The Labute approximate surface area is 259 Å². The number of benzene rings is 2. The molecule has 9 nitrogen and oxygen atoms in total. The second kappa shape index (κ2) is 12.2. The molecule has 0 radical (unpaired) electrons. The van der Waals surface area contributed by atoms with E-state index in [1.807, 2.05) is 25.1 Å².